The topological polar surface area (TPSA) is 38.8 Å². The smallest absolute Gasteiger partial charge is 0.161 e. The maximum absolute atomic E-state index is 11.7. The summed E-state index contributed by atoms with van der Waals surface area (Å²) < 4.78 is 10.9. The van der Waals surface area contributed by atoms with Gasteiger partial charge in [0.25, 0.3) is 0 Å². The summed E-state index contributed by atoms with van der Waals surface area (Å²) in [6, 6.07) is 4.56. The van der Waals surface area contributed by atoms with E-state index in [-0.39, 0.29) is 5.92 Å². The van der Waals surface area contributed by atoms with E-state index in [0.29, 0.717) is 17.9 Å². The van der Waals surface area contributed by atoms with E-state index in [1.165, 1.54) is 17.4 Å². The Hall–Kier alpha value is -1.55. The molecule has 2 aliphatic rings. The predicted molar refractivity (Wildman–Crippen MR) is 94.7 cm³/mol. The Morgan fingerprint density at radius 1 is 1.25 bits per heavy atom. The average molecular weight is 331 g/mol. The third-order valence-electron chi connectivity index (χ3n) is 5.63. The number of piperidine rings is 1. The maximum Gasteiger partial charge on any atom is 0.161 e. The second kappa shape index (κ2) is 7.14. The molecule has 3 rings (SSSR count). The summed E-state index contributed by atoms with van der Waals surface area (Å²) in [6.45, 7) is 6.58. The molecule has 0 aliphatic carbocycles. The van der Waals surface area contributed by atoms with Crippen LogP contribution in [0.3, 0.4) is 0 Å². The van der Waals surface area contributed by atoms with Crippen LogP contribution in [-0.2, 0) is 11.2 Å². The highest BCUT2D eigenvalue weighted by Crippen LogP contribution is 2.45. The molecule has 24 heavy (non-hydrogen) atoms. The molecule has 1 saturated heterocycles. The van der Waals surface area contributed by atoms with Crippen molar-refractivity contribution in [3.63, 3.8) is 0 Å². The number of carbonyl (C=O) groups is 1. The number of fused-ring (bicyclic) bond motifs is 3. The number of hydrogen-bond acceptors (Lipinski definition) is 4. The van der Waals surface area contributed by atoms with Crippen molar-refractivity contribution in [2.75, 3.05) is 27.3 Å². The van der Waals surface area contributed by atoms with Gasteiger partial charge < -0.3 is 14.3 Å². The quantitative estimate of drug-likeness (QED) is 0.774. The van der Waals surface area contributed by atoms with Gasteiger partial charge in [0.1, 0.15) is 6.29 Å². The van der Waals surface area contributed by atoms with Crippen LogP contribution in [0, 0.1) is 17.8 Å². The van der Waals surface area contributed by atoms with Gasteiger partial charge in [-0.15, -0.1) is 0 Å². The molecule has 0 unspecified atom stereocenters. The molecule has 2 heterocycles. The fourth-order valence-corrected chi connectivity index (χ4v) is 4.48. The zero-order valence-electron chi connectivity index (χ0n) is 15.2. The van der Waals surface area contributed by atoms with Gasteiger partial charge >= 0.3 is 0 Å². The Morgan fingerprint density at radius 2 is 1.96 bits per heavy atom. The van der Waals surface area contributed by atoms with Crippen molar-refractivity contribution in [1.29, 1.82) is 0 Å². The predicted octanol–water partition coefficient (Wildman–Crippen LogP) is 3.48. The van der Waals surface area contributed by atoms with Gasteiger partial charge in [0, 0.05) is 25.0 Å². The van der Waals surface area contributed by atoms with E-state index in [0.717, 1.165) is 43.9 Å². The summed E-state index contributed by atoms with van der Waals surface area (Å²) in [5.74, 6) is 2.86. The molecule has 1 aromatic carbocycles. The van der Waals surface area contributed by atoms with E-state index >= 15 is 0 Å². The summed E-state index contributed by atoms with van der Waals surface area (Å²) in [4.78, 5) is 14.3. The van der Waals surface area contributed by atoms with Crippen LogP contribution < -0.4 is 9.47 Å². The Bertz CT molecular complexity index is 599. The first-order chi connectivity index (χ1) is 11.6. The molecule has 132 valence electrons. The molecule has 4 heteroatoms. The molecule has 0 bridgehead atoms. The van der Waals surface area contributed by atoms with Crippen molar-refractivity contribution < 1.29 is 14.3 Å². The second-order valence-corrected chi connectivity index (χ2v) is 7.59. The Balaban J connectivity index is 1.90. The lowest BCUT2D eigenvalue weighted by Crippen LogP contribution is -2.46. The summed E-state index contributed by atoms with van der Waals surface area (Å²) >= 11 is 0. The highest BCUT2D eigenvalue weighted by atomic mass is 16.5. The Kier molecular flexibility index (Phi) is 5.14. The third-order valence-corrected chi connectivity index (χ3v) is 5.63. The number of hydrogen-bond donors (Lipinski definition) is 0. The molecule has 0 N–H and O–H groups in total. The van der Waals surface area contributed by atoms with Crippen LogP contribution in [0.2, 0.25) is 0 Å². The number of carbonyl (C=O) groups excluding carboxylic acids is 1. The van der Waals surface area contributed by atoms with Crippen molar-refractivity contribution >= 4 is 6.29 Å². The molecule has 0 radical (unpaired) electrons. The zero-order chi connectivity index (χ0) is 17.3. The first-order valence-electron chi connectivity index (χ1n) is 9.01. The summed E-state index contributed by atoms with van der Waals surface area (Å²) in [5.41, 5.74) is 2.65. The molecule has 2 aliphatic heterocycles. The van der Waals surface area contributed by atoms with Crippen molar-refractivity contribution in [1.82, 2.24) is 4.90 Å². The molecule has 1 aromatic rings. The van der Waals surface area contributed by atoms with Gasteiger partial charge in [-0.25, -0.2) is 0 Å². The van der Waals surface area contributed by atoms with E-state index in [1.807, 2.05) is 0 Å². The normalized spacial score (nSPS) is 26.6. The van der Waals surface area contributed by atoms with Crippen LogP contribution in [0.4, 0.5) is 0 Å². The monoisotopic (exact) mass is 331 g/mol. The van der Waals surface area contributed by atoms with Crippen LogP contribution in [-0.4, -0.2) is 38.5 Å². The molecular formula is C20H29NO3. The van der Waals surface area contributed by atoms with E-state index in [4.69, 9.17) is 9.47 Å². The van der Waals surface area contributed by atoms with E-state index in [9.17, 15) is 4.79 Å². The number of methoxy groups -OCH3 is 2. The number of rotatable bonds is 5. The fourth-order valence-electron chi connectivity index (χ4n) is 4.48. The molecule has 0 saturated carbocycles. The Labute approximate surface area is 145 Å². The van der Waals surface area contributed by atoms with Gasteiger partial charge in [-0.1, -0.05) is 13.8 Å². The first-order valence-corrected chi connectivity index (χ1v) is 9.01. The van der Waals surface area contributed by atoms with Crippen molar-refractivity contribution in [3.05, 3.63) is 23.3 Å². The minimum absolute atomic E-state index is 0.160. The Morgan fingerprint density at radius 3 is 2.58 bits per heavy atom. The second-order valence-electron chi connectivity index (χ2n) is 7.59. The van der Waals surface area contributed by atoms with Crippen molar-refractivity contribution in [2.45, 2.75) is 39.2 Å². The molecule has 1 fully saturated rings. The van der Waals surface area contributed by atoms with E-state index < -0.39 is 0 Å². The van der Waals surface area contributed by atoms with Crippen LogP contribution >= 0.6 is 0 Å². The van der Waals surface area contributed by atoms with Gasteiger partial charge in [0.2, 0.25) is 0 Å². The summed E-state index contributed by atoms with van der Waals surface area (Å²) in [5, 5.41) is 0. The average Bonchev–Trinajstić information content (AvgIpc) is 2.59. The van der Waals surface area contributed by atoms with Crippen molar-refractivity contribution in [2.24, 2.45) is 17.8 Å². The van der Waals surface area contributed by atoms with Gasteiger partial charge in [-0.3, -0.25) is 4.90 Å². The SMILES string of the molecule is COc1cc2c(cc1OC)[C@H]1C[C@@H](C=O)[C@@H](CC(C)C)CN1CC2. The number of aldehydes is 1. The summed E-state index contributed by atoms with van der Waals surface area (Å²) in [6.07, 6.45) is 4.28. The number of benzene rings is 1. The lowest BCUT2D eigenvalue weighted by molar-refractivity contribution is -0.115. The minimum atomic E-state index is 0.160. The summed E-state index contributed by atoms with van der Waals surface area (Å²) in [7, 11) is 3.36. The van der Waals surface area contributed by atoms with Crippen molar-refractivity contribution in [3.8, 4) is 11.5 Å². The number of nitrogens with zero attached hydrogens (tertiary/aromatic N) is 1. The standard InChI is InChI=1S/C20H29NO3/c1-13(2)7-15-11-21-6-5-14-9-19(23-3)20(24-4)10-17(14)18(21)8-16(15)12-22/h9-10,12-13,15-16,18H,5-8,11H2,1-4H3/t15-,16-,18+/m0/s1. The minimum Gasteiger partial charge on any atom is -0.493 e. The maximum atomic E-state index is 11.7. The molecule has 0 amide bonds. The zero-order valence-corrected chi connectivity index (χ0v) is 15.2. The van der Waals surface area contributed by atoms with Gasteiger partial charge in [-0.05, 0) is 54.4 Å². The first kappa shape index (κ1) is 17.3. The van der Waals surface area contributed by atoms with Crippen LogP contribution in [0.25, 0.3) is 0 Å². The van der Waals surface area contributed by atoms with Crippen LogP contribution in [0.15, 0.2) is 12.1 Å². The fraction of sp³-hybridized carbons (Fsp3) is 0.650. The number of ether oxygens (including phenoxy) is 2. The molecule has 0 spiro atoms. The van der Waals surface area contributed by atoms with Gasteiger partial charge in [-0.2, -0.15) is 0 Å². The lowest BCUT2D eigenvalue weighted by Gasteiger charge is -2.46. The van der Waals surface area contributed by atoms with E-state index in [1.54, 1.807) is 14.2 Å². The van der Waals surface area contributed by atoms with Crippen LogP contribution in [0.1, 0.15) is 43.9 Å². The molecular weight excluding hydrogens is 302 g/mol. The third kappa shape index (κ3) is 3.16. The highest BCUT2D eigenvalue weighted by Gasteiger charge is 2.39. The van der Waals surface area contributed by atoms with Gasteiger partial charge in [0.15, 0.2) is 11.5 Å². The van der Waals surface area contributed by atoms with E-state index in [2.05, 4.69) is 30.9 Å². The molecule has 4 nitrogen and oxygen atoms in total. The van der Waals surface area contributed by atoms with Crippen LogP contribution in [0.5, 0.6) is 11.5 Å². The van der Waals surface area contributed by atoms with Gasteiger partial charge in [0.05, 0.1) is 14.2 Å². The highest BCUT2D eigenvalue weighted by molar-refractivity contribution is 5.56. The molecule has 0 aromatic heterocycles. The lowest BCUT2D eigenvalue weighted by atomic mass is 9.75. The largest absolute Gasteiger partial charge is 0.493 e. The molecule has 3 atom stereocenters.